The maximum Gasteiger partial charge on any atom is 0.407 e. The molecule has 1 saturated carbocycles. The number of amides is 2. The average Bonchev–Trinajstić information content (AvgIpc) is 2.54. The number of methoxy groups -OCH3 is 1. The minimum atomic E-state index is -0.550. The lowest BCUT2D eigenvalue weighted by molar-refractivity contribution is -0.126. The molecule has 2 amide bonds. The first-order valence-electron chi connectivity index (χ1n) is 7.73. The first-order valence-corrected chi connectivity index (χ1v) is 7.73. The van der Waals surface area contributed by atoms with E-state index in [4.69, 9.17) is 14.7 Å². The van der Waals surface area contributed by atoms with Crippen LogP contribution in [-0.4, -0.2) is 45.4 Å². The van der Waals surface area contributed by atoms with Crippen molar-refractivity contribution in [3.05, 3.63) is 0 Å². The minimum absolute atomic E-state index is 0.0136. The Kier molecular flexibility index (Phi) is 9.00. The van der Waals surface area contributed by atoms with Gasteiger partial charge in [-0.2, -0.15) is 5.26 Å². The van der Waals surface area contributed by atoms with Gasteiger partial charge in [-0.1, -0.05) is 19.3 Å². The summed E-state index contributed by atoms with van der Waals surface area (Å²) in [5.74, 6) is -0.249. The van der Waals surface area contributed by atoms with E-state index in [1.807, 2.05) is 6.07 Å². The molecule has 124 valence electrons. The van der Waals surface area contributed by atoms with Crippen molar-refractivity contribution in [2.45, 2.75) is 32.1 Å². The highest BCUT2D eigenvalue weighted by Gasteiger charge is 2.29. The van der Waals surface area contributed by atoms with Crippen LogP contribution in [0.3, 0.4) is 0 Å². The summed E-state index contributed by atoms with van der Waals surface area (Å²) in [6.45, 7) is 0.729. The second kappa shape index (κ2) is 10.9. The molecule has 0 radical (unpaired) electrons. The second-order valence-electron chi connectivity index (χ2n) is 5.39. The summed E-state index contributed by atoms with van der Waals surface area (Å²) in [6, 6.07) is 1.90. The molecule has 1 unspecified atom stereocenters. The second-order valence-corrected chi connectivity index (χ2v) is 5.39. The molecule has 0 heterocycles. The van der Waals surface area contributed by atoms with E-state index in [2.05, 4.69) is 10.6 Å². The number of nitriles is 1. The Balaban J connectivity index is 2.48. The van der Waals surface area contributed by atoms with E-state index in [1.54, 1.807) is 0 Å². The lowest BCUT2D eigenvalue weighted by Crippen LogP contribution is -2.43. The third-order valence-corrected chi connectivity index (χ3v) is 3.88. The van der Waals surface area contributed by atoms with Gasteiger partial charge in [0, 0.05) is 13.7 Å². The number of alkyl carbamates (subject to hydrolysis) is 1. The minimum Gasteiger partial charge on any atom is -0.447 e. The van der Waals surface area contributed by atoms with E-state index in [9.17, 15) is 9.59 Å². The number of carbonyl (C=O) groups is 2. The van der Waals surface area contributed by atoms with Gasteiger partial charge in [0.1, 0.15) is 13.2 Å². The van der Waals surface area contributed by atoms with E-state index >= 15 is 0 Å². The fraction of sp³-hybridized carbons (Fsp3) is 0.800. The highest BCUT2D eigenvalue weighted by Crippen LogP contribution is 2.30. The molecule has 0 aromatic carbocycles. The van der Waals surface area contributed by atoms with Gasteiger partial charge >= 0.3 is 6.09 Å². The van der Waals surface area contributed by atoms with E-state index in [-0.39, 0.29) is 37.4 Å². The lowest BCUT2D eigenvalue weighted by Gasteiger charge is -2.29. The van der Waals surface area contributed by atoms with Gasteiger partial charge in [0.25, 0.3) is 0 Å². The molecule has 0 aliphatic heterocycles. The number of nitrogens with zero attached hydrogens (tertiary/aromatic N) is 1. The van der Waals surface area contributed by atoms with E-state index in [0.717, 1.165) is 25.7 Å². The quantitative estimate of drug-likeness (QED) is 0.518. The highest BCUT2D eigenvalue weighted by atomic mass is 16.6. The van der Waals surface area contributed by atoms with Crippen LogP contribution < -0.4 is 10.6 Å². The van der Waals surface area contributed by atoms with Crippen molar-refractivity contribution in [3.63, 3.8) is 0 Å². The van der Waals surface area contributed by atoms with Gasteiger partial charge in [-0.3, -0.25) is 4.79 Å². The molecule has 0 saturated heterocycles. The van der Waals surface area contributed by atoms with Crippen LogP contribution in [0, 0.1) is 23.2 Å². The molecule has 1 aliphatic rings. The molecule has 0 spiro atoms. The Hall–Kier alpha value is -1.81. The van der Waals surface area contributed by atoms with Crippen molar-refractivity contribution in [1.29, 1.82) is 5.26 Å². The van der Waals surface area contributed by atoms with Crippen molar-refractivity contribution in [3.8, 4) is 6.07 Å². The summed E-state index contributed by atoms with van der Waals surface area (Å²) < 4.78 is 9.72. The molecular formula is C15H25N3O4. The van der Waals surface area contributed by atoms with Gasteiger partial charge in [0.2, 0.25) is 5.91 Å². The van der Waals surface area contributed by atoms with Crippen LogP contribution in [0.5, 0.6) is 0 Å². The predicted molar refractivity (Wildman–Crippen MR) is 79.9 cm³/mol. The van der Waals surface area contributed by atoms with Crippen molar-refractivity contribution < 1.29 is 19.1 Å². The van der Waals surface area contributed by atoms with Crippen molar-refractivity contribution in [2.75, 3.05) is 33.4 Å². The molecule has 0 bridgehead atoms. The van der Waals surface area contributed by atoms with E-state index < -0.39 is 6.09 Å². The normalized spacial score (nSPS) is 16.4. The molecule has 1 fully saturated rings. The molecule has 22 heavy (non-hydrogen) atoms. The largest absolute Gasteiger partial charge is 0.447 e. The zero-order valence-electron chi connectivity index (χ0n) is 13.1. The van der Waals surface area contributed by atoms with E-state index in [1.165, 1.54) is 13.5 Å². The molecule has 0 aromatic heterocycles. The zero-order valence-corrected chi connectivity index (χ0v) is 13.1. The van der Waals surface area contributed by atoms with Gasteiger partial charge in [-0.25, -0.2) is 4.79 Å². The molecule has 1 aliphatic carbocycles. The third kappa shape index (κ3) is 6.76. The van der Waals surface area contributed by atoms with Gasteiger partial charge < -0.3 is 20.1 Å². The van der Waals surface area contributed by atoms with Crippen LogP contribution in [0.1, 0.15) is 32.1 Å². The van der Waals surface area contributed by atoms with Crippen LogP contribution in [0.4, 0.5) is 4.79 Å². The van der Waals surface area contributed by atoms with Crippen LogP contribution in [-0.2, 0) is 14.3 Å². The van der Waals surface area contributed by atoms with Crippen molar-refractivity contribution in [1.82, 2.24) is 10.6 Å². The highest BCUT2D eigenvalue weighted by molar-refractivity contribution is 5.80. The molecule has 1 atom stereocenters. The summed E-state index contributed by atoms with van der Waals surface area (Å²) in [7, 11) is 1.53. The Morgan fingerprint density at radius 3 is 2.59 bits per heavy atom. The van der Waals surface area contributed by atoms with Gasteiger partial charge in [-0.15, -0.1) is 0 Å². The number of carbonyl (C=O) groups excluding carboxylic acids is 2. The Bertz CT molecular complexity index is 389. The summed E-state index contributed by atoms with van der Waals surface area (Å²) >= 11 is 0. The first kappa shape index (κ1) is 18.2. The standard InChI is InChI=1S/C15H25N3O4/c1-21-9-10-22-15(20)18-11-13(14(19)17-8-7-16)12-5-3-2-4-6-12/h12-13H,2-6,8-11H2,1H3,(H,17,19)(H,18,20). The van der Waals surface area contributed by atoms with Crippen LogP contribution in [0.25, 0.3) is 0 Å². The average molecular weight is 311 g/mol. The lowest BCUT2D eigenvalue weighted by atomic mass is 9.79. The number of hydrogen-bond donors (Lipinski definition) is 2. The number of ether oxygens (including phenoxy) is 2. The third-order valence-electron chi connectivity index (χ3n) is 3.88. The summed E-state index contributed by atoms with van der Waals surface area (Å²) in [5, 5.41) is 13.8. The van der Waals surface area contributed by atoms with Crippen LogP contribution in [0.15, 0.2) is 0 Å². The van der Waals surface area contributed by atoms with Crippen LogP contribution >= 0.6 is 0 Å². The van der Waals surface area contributed by atoms with Crippen LogP contribution in [0.2, 0.25) is 0 Å². The number of hydrogen-bond acceptors (Lipinski definition) is 5. The maximum absolute atomic E-state index is 12.2. The van der Waals surface area contributed by atoms with Gasteiger partial charge in [0.05, 0.1) is 18.6 Å². The molecule has 1 rings (SSSR count). The van der Waals surface area contributed by atoms with Crippen molar-refractivity contribution in [2.24, 2.45) is 11.8 Å². The molecule has 2 N–H and O–H groups in total. The fourth-order valence-electron chi connectivity index (χ4n) is 2.73. The zero-order chi connectivity index (χ0) is 16.2. The Morgan fingerprint density at radius 1 is 1.23 bits per heavy atom. The number of rotatable bonds is 8. The summed E-state index contributed by atoms with van der Waals surface area (Å²) in [6.07, 6.45) is 4.80. The van der Waals surface area contributed by atoms with Gasteiger partial charge in [-0.05, 0) is 18.8 Å². The monoisotopic (exact) mass is 311 g/mol. The number of nitrogens with one attached hydrogen (secondary N) is 2. The first-order chi connectivity index (χ1) is 10.7. The topological polar surface area (TPSA) is 100 Å². The molecule has 7 heteroatoms. The van der Waals surface area contributed by atoms with Crippen molar-refractivity contribution >= 4 is 12.0 Å². The maximum atomic E-state index is 12.2. The summed E-state index contributed by atoms with van der Waals surface area (Å²) in [5.41, 5.74) is 0. The molecule has 0 aromatic rings. The smallest absolute Gasteiger partial charge is 0.407 e. The Morgan fingerprint density at radius 2 is 1.95 bits per heavy atom. The predicted octanol–water partition coefficient (Wildman–Crippen LogP) is 1.20. The fourth-order valence-corrected chi connectivity index (χ4v) is 2.73. The SMILES string of the molecule is COCCOC(=O)NCC(C(=O)NCC#N)C1CCCCC1. The summed E-state index contributed by atoms with van der Waals surface area (Å²) in [4.78, 5) is 23.8. The van der Waals surface area contributed by atoms with Gasteiger partial charge in [0.15, 0.2) is 0 Å². The van der Waals surface area contributed by atoms with E-state index in [0.29, 0.717) is 6.61 Å². The molecular weight excluding hydrogens is 286 g/mol. The molecule has 7 nitrogen and oxygen atoms in total. The Labute approximate surface area is 131 Å².